The lowest BCUT2D eigenvalue weighted by molar-refractivity contribution is 0.652. The first kappa shape index (κ1) is 9.15. The molecule has 4 heteroatoms. The molecular weight excluding hydrogens is 196 g/mol. The molecule has 3 nitrogen and oxygen atoms in total. The zero-order valence-electron chi connectivity index (χ0n) is 7.75. The zero-order valence-corrected chi connectivity index (χ0v) is 8.57. The molecule has 0 radical (unpaired) electrons. The molecule has 14 heavy (non-hydrogen) atoms. The third-order valence-electron chi connectivity index (χ3n) is 1.92. The molecule has 72 valence electrons. The van der Waals surface area contributed by atoms with E-state index in [1.54, 1.807) is 24.0 Å². The van der Waals surface area contributed by atoms with Gasteiger partial charge in [-0.2, -0.15) is 5.10 Å². The molecule has 0 spiro atoms. The van der Waals surface area contributed by atoms with Crippen molar-refractivity contribution in [2.75, 3.05) is 0 Å². The number of hydrogen-bond acceptors (Lipinski definition) is 2. The van der Waals surface area contributed by atoms with Crippen molar-refractivity contribution in [1.29, 1.82) is 0 Å². The summed E-state index contributed by atoms with van der Waals surface area (Å²) >= 11 is 0. The highest BCUT2D eigenvalue weighted by atomic mass is 32.2. The van der Waals surface area contributed by atoms with Gasteiger partial charge in [-0.15, -0.1) is 0 Å². The number of hydrogen-bond donors (Lipinski definition) is 0. The predicted octanol–water partition coefficient (Wildman–Crippen LogP) is 1.59. The van der Waals surface area contributed by atoms with Gasteiger partial charge in [0.1, 0.15) is 15.8 Å². The van der Waals surface area contributed by atoms with Gasteiger partial charge < -0.3 is 0 Å². The van der Waals surface area contributed by atoms with Crippen molar-refractivity contribution in [3.8, 4) is 0 Å². The van der Waals surface area contributed by atoms with Gasteiger partial charge in [-0.05, 0) is 18.2 Å². The summed E-state index contributed by atoms with van der Waals surface area (Å²) < 4.78 is 13.6. The van der Waals surface area contributed by atoms with Crippen molar-refractivity contribution < 1.29 is 4.21 Å². The fourth-order valence-corrected chi connectivity index (χ4v) is 2.33. The van der Waals surface area contributed by atoms with Crippen molar-refractivity contribution in [3.05, 3.63) is 42.6 Å². The van der Waals surface area contributed by atoms with Gasteiger partial charge >= 0.3 is 0 Å². The topological polar surface area (TPSA) is 34.9 Å². The van der Waals surface area contributed by atoms with Crippen LogP contribution in [-0.2, 0) is 17.8 Å². The van der Waals surface area contributed by atoms with Crippen molar-refractivity contribution in [2.24, 2.45) is 7.05 Å². The zero-order chi connectivity index (χ0) is 9.97. The SMILES string of the molecule is Cn1nccc1S(=O)c1ccccc1. The Kier molecular flexibility index (Phi) is 2.45. The summed E-state index contributed by atoms with van der Waals surface area (Å²) in [6.07, 6.45) is 1.65. The van der Waals surface area contributed by atoms with Crippen LogP contribution in [0, 0.1) is 0 Å². The Morgan fingerprint density at radius 1 is 1.21 bits per heavy atom. The van der Waals surface area contributed by atoms with E-state index in [-0.39, 0.29) is 0 Å². The summed E-state index contributed by atoms with van der Waals surface area (Å²) in [6.45, 7) is 0. The van der Waals surface area contributed by atoms with E-state index in [4.69, 9.17) is 0 Å². The molecule has 0 aliphatic carbocycles. The fraction of sp³-hybridized carbons (Fsp3) is 0.100. The van der Waals surface area contributed by atoms with Crippen LogP contribution in [-0.4, -0.2) is 14.0 Å². The van der Waals surface area contributed by atoms with Crippen LogP contribution >= 0.6 is 0 Å². The summed E-state index contributed by atoms with van der Waals surface area (Å²) in [5.41, 5.74) is 0. The van der Waals surface area contributed by atoms with Crippen LogP contribution in [0.4, 0.5) is 0 Å². The number of nitrogens with zero attached hydrogens (tertiary/aromatic N) is 2. The lowest BCUT2D eigenvalue weighted by Gasteiger charge is -2.01. The summed E-state index contributed by atoms with van der Waals surface area (Å²) in [5, 5.41) is 4.71. The smallest absolute Gasteiger partial charge is 0.129 e. The van der Waals surface area contributed by atoms with E-state index < -0.39 is 10.8 Å². The van der Waals surface area contributed by atoms with Gasteiger partial charge in [0.15, 0.2) is 0 Å². The second kappa shape index (κ2) is 3.75. The molecular formula is C10H10N2OS. The molecule has 2 aromatic rings. The van der Waals surface area contributed by atoms with Gasteiger partial charge in [0.05, 0.1) is 6.20 Å². The van der Waals surface area contributed by atoms with Crippen molar-refractivity contribution >= 4 is 10.8 Å². The number of rotatable bonds is 2. The molecule has 0 amide bonds. The van der Waals surface area contributed by atoms with E-state index >= 15 is 0 Å². The monoisotopic (exact) mass is 206 g/mol. The van der Waals surface area contributed by atoms with Crippen molar-refractivity contribution in [3.63, 3.8) is 0 Å². The average Bonchev–Trinajstić information content (AvgIpc) is 2.65. The van der Waals surface area contributed by atoms with Crippen LogP contribution < -0.4 is 0 Å². The fourth-order valence-electron chi connectivity index (χ4n) is 1.21. The minimum absolute atomic E-state index is 0.719. The van der Waals surface area contributed by atoms with Crippen LogP contribution in [0.5, 0.6) is 0 Å². The van der Waals surface area contributed by atoms with E-state index in [1.165, 1.54) is 0 Å². The first-order chi connectivity index (χ1) is 6.79. The first-order valence-corrected chi connectivity index (χ1v) is 5.39. The summed E-state index contributed by atoms with van der Waals surface area (Å²) in [5.74, 6) is 0. The van der Waals surface area contributed by atoms with Gasteiger partial charge in [0.25, 0.3) is 0 Å². The Hall–Kier alpha value is -1.42. The molecule has 0 bridgehead atoms. The molecule has 0 N–H and O–H groups in total. The van der Waals surface area contributed by atoms with Crippen molar-refractivity contribution in [2.45, 2.75) is 9.92 Å². The van der Waals surface area contributed by atoms with E-state index in [9.17, 15) is 4.21 Å². The third-order valence-corrected chi connectivity index (χ3v) is 3.40. The Morgan fingerprint density at radius 2 is 1.93 bits per heavy atom. The third kappa shape index (κ3) is 1.61. The van der Waals surface area contributed by atoms with E-state index in [0.717, 1.165) is 9.92 Å². The molecule has 1 atom stereocenters. The standard InChI is InChI=1S/C10H10N2OS/c1-12-10(7-8-11-12)14(13)9-5-3-2-4-6-9/h2-8H,1H3. The molecule has 0 aliphatic heterocycles. The molecule has 1 aromatic heterocycles. The van der Waals surface area contributed by atoms with Gasteiger partial charge in [-0.3, -0.25) is 4.68 Å². The van der Waals surface area contributed by atoms with E-state index in [1.807, 2.05) is 30.3 Å². The summed E-state index contributed by atoms with van der Waals surface area (Å²) in [6, 6.07) is 11.1. The highest BCUT2D eigenvalue weighted by molar-refractivity contribution is 7.85. The minimum Gasteiger partial charge on any atom is -0.259 e. The Balaban J connectivity index is 2.39. The maximum absolute atomic E-state index is 12.0. The minimum atomic E-state index is -1.13. The number of aromatic nitrogens is 2. The van der Waals surface area contributed by atoms with E-state index in [2.05, 4.69) is 5.10 Å². The lowest BCUT2D eigenvalue weighted by Crippen LogP contribution is -2.01. The first-order valence-electron chi connectivity index (χ1n) is 4.24. The molecule has 0 saturated carbocycles. The van der Waals surface area contributed by atoms with Crippen LogP contribution in [0.2, 0.25) is 0 Å². The van der Waals surface area contributed by atoms with Gasteiger partial charge in [0.2, 0.25) is 0 Å². The Labute approximate surface area is 84.8 Å². The molecule has 1 heterocycles. The number of aryl methyl sites for hydroxylation is 1. The molecule has 0 fully saturated rings. The summed E-state index contributed by atoms with van der Waals surface area (Å²) in [4.78, 5) is 0.802. The molecule has 0 aliphatic rings. The largest absolute Gasteiger partial charge is 0.259 e. The second-order valence-corrected chi connectivity index (χ2v) is 4.30. The van der Waals surface area contributed by atoms with Crippen LogP contribution in [0.15, 0.2) is 52.5 Å². The molecule has 0 saturated heterocycles. The number of benzene rings is 1. The predicted molar refractivity (Wildman–Crippen MR) is 54.3 cm³/mol. The maximum Gasteiger partial charge on any atom is 0.129 e. The van der Waals surface area contributed by atoms with Crippen LogP contribution in [0.3, 0.4) is 0 Å². The van der Waals surface area contributed by atoms with Crippen LogP contribution in [0.1, 0.15) is 0 Å². The molecule has 1 unspecified atom stereocenters. The Bertz CT molecular complexity index is 450. The van der Waals surface area contributed by atoms with E-state index in [0.29, 0.717) is 0 Å². The average molecular weight is 206 g/mol. The molecule has 2 rings (SSSR count). The quantitative estimate of drug-likeness (QED) is 0.747. The molecule has 1 aromatic carbocycles. The van der Waals surface area contributed by atoms with Gasteiger partial charge in [0, 0.05) is 11.9 Å². The van der Waals surface area contributed by atoms with Crippen LogP contribution in [0.25, 0.3) is 0 Å². The lowest BCUT2D eigenvalue weighted by atomic mass is 10.4. The highest BCUT2D eigenvalue weighted by Gasteiger charge is 2.09. The highest BCUT2D eigenvalue weighted by Crippen LogP contribution is 2.14. The van der Waals surface area contributed by atoms with Crippen molar-refractivity contribution in [1.82, 2.24) is 9.78 Å². The summed E-state index contributed by atoms with van der Waals surface area (Å²) in [7, 11) is 0.661. The van der Waals surface area contributed by atoms with Gasteiger partial charge in [-0.25, -0.2) is 4.21 Å². The Morgan fingerprint density at radius 3 is 2.50 bits per heavy atom. The normalized spacial score (nSPS) is 12.6. The maximum atomic E-state index is 12.0. The van der Waals surface area contributed by atoms with Gasteiger partial charge in [-0.1, -0.05) is 18.2 Å². The second-order valence-electron chi connectivity index (χ2n) is 2.87.